The first-order valence-electron chi connectivity index (χ1n) is 7.87. The number of hydrogen-bond acceptors (Lipinski definition) is 8. The van der Waals surface area contributed by atoms with Crippen LogP contribution in [-0.4, -0.2) is 59.2 Å². The van der Waals surface area contributed by atoms with Crippen molar-refractivity contribution in [1.29, 1.82) is 0 Å². The van der Waals surface area contributed by atoms with Gasteiger partial charge in [0.2, 0.25) is 0 Å². The maximum atomic E-state index is 12.4. The molecule has 0 fully saturated rings. The van der Waals surface area contributed by atoms with Gasteiger partial charge in [0.15, 0.2) is 11.5 Å². The topological polar surface area (TPSA) is 124 Å². The van der Waals surface area contributed by atoms with Crippen molar-refractivity contribution in [2.45, 2.75) is 13.5 Å². The first kappa shape index (κ1) is 17.0. The minimum absolute atomic E-state index is 0.0859. The summed E-state index contributed by atoms with van der Waals surface area (Å²) in [6.45, 7) is 2.05. The molecule has 11 nitrogen and oxygen atoms in total. The molecule has 27 heavy (non-hydrogen) atoms. The minimum atomic E-state index is -0.508. The summed E-state index contributed by atoms with van der Waals surface area (Å²) >= 11 is 1.32. The summed E-state index contributed by atoms with van der Waals surface area (Å²) in [6.07, 6.45) is 4.04. The van der Waals surface area contributed by atoms with Crippen LogP contribution in [0.4, 0.5) is 5.69 Å². The lowest BCUT2D eigenvalue weighted by molar-refractivity contribution is -0.385. The summed E-state index contributed by atoms with van der Waals surface area (Å²) in [5.41, 5.74) is 1.30. The fourth-order valence-electron chi connectivity index (χ4n) is 2.73. The lowest BCUT2D eigenvalue weighted by atomic mass is 10.2. The highest BCUT2D eigenvalue weighted by Gasteiger charge is 2.21. The largest absolute Gasteiger partial charge is 0.344 e. The summed E-state index contributed by atoms with van der Waals surface area (Å²) in [7, 11) is 3.40. The van der Waals surface area contributed by atoms with Crippen molar-refractivity contribution >= 4 is 38.8 Å². The Morgan fingerprint density at radius 2 is 2.19 bits per heavy atom. The van der Waals surface area contributed by atoms with E-state index in [0.717, 1.165) is 10.9 Å². The number of hydrogen-bond donors (Lipinski definition) is 0. The number of fused-ring (bicyclic) bond motifs is 3. The summed E-state index contributed by atoms with van der Waals surface area (Å²) in [5, 5.41) is 19.9. The van der Waals surface area contributed by atoms with Crippen molar-refractivity contribution in [3.63, 3.8) is 0 Å². The van der Waals surface area contributed by atoms with Crippen LogP contribution >= 0.6 is 11.3 Å². The second-order valence-electron chi connectivity index (χ2n) is 6.13. The first-order valence-corrected chi connectivity index (χ1v) is 8.68. The molecule has 0 N–H and O–H groups in total. The third-order valence-electron chi connectivity index (χ3n) is 4.05. The maximum absolute atomic E-state index is 12.4. The summed E-state index contributed by atoms with van der Waals surface area (Å²) in [5.74, 6) is 0.352. The molecule has 0 spiro atoms. The number of thiophene rings is 1. The van der Waals surface area contributed by atoms with Crippen molar-refractivity contribution < 1.29 is 9.72 Å². The van der Waals surface area contributed by atoms with Gasteiger partial charge in [0, 0.05) is 14.1 Å². The monoisotopic (exact) mass is 386 g/mol. The van der Waals surface area contributed by atoms with Gasteiger partial charge >= 0.3 is 5.69 Å². The van der Waals surface area contributed by atoms with E-state index in [9.17, 15) is 14.9 Å². The van der Waals surface area contributed by atoms with E-state index in [-0.39, 0.29) is 18.1 Å². The van der Waals surface area contributed by atoms with E-state index in [1.54, 1.807) is 24.9 Å². The van der Waals surface area contributed by atoms with Gasteiger partial charge in [0.25, 0.3) is 5.91 Å². The van der Waals surface area contributed by atoms with Crippen LogP contribution in [0.3, 0.4) is 0 Å². The van der Waals surface area contributed by atoms with E-state index >= 15 is 0 Å². The molecule has 0 bridgehead atoms. The van der Waals surface area contributed by atoms with Crippen LogP contribution in [0.25, 0.3) is 15.9 Å². The molecule has 0 saturated heterocycles. The van der Waals surface area contributed by atoms with Gasteiger partial charge in [-0.3, -0.25) is 19.6 Å². The number of carbonyl (C=O) groups is 1. The zero-order chi connectivity index (χ0) is 19.3. The fourth-order valence-corrected chi connectivity index (χ4v) is 3.90. The van der Waals surface area contributed by atoms with Gasteiger partial charge in [-0.2, -0.15) is 5.10 Å². The van der Waals surface area contributed by atoms with Gasteiger partial charge in [-0.15, -0.1) is 16.4 Å². The lowest BCUT2D eigenvalue weighted by Crippen LogP contribution is -2.21. The van der Waals surface area contributed by atoms with E-state index in [1.165, 1.54) is 33.3 Å². The molecule has 0 aliphatic rings. The van der Waals surface area contributed by atoms with Gasteiger partial charge in [-0.25, -0.2) is 14.5 Å². The van der Waals surface area contributed by atoms with Crippen molar-refractivity contribution in [1.82, 2.24) is 34.3 Å². The summed E-state index contributed by atoms with van der Waals surface area (Å²) in [6, 6.07) is 0. The first-order chi connectivity index (χ1) is 12.8. The lowest BCUT2D eigenvalue weighted by Gasteiger charge is -2.08. The van der Waals surface area contributed by atoms with Crippen LogP contribution in [0.15, 0.2) is 18.7 Å². The third kappa shape index (κ3) is 2.79. The van der Waals surface area contributed by atoms with Gasteiger partial charge in [0.1, 0.15) is 30.1 Å². The number of nitro groups is 1. The van der Waals surface area contributed by atoms with Gasteiger partial charge in [-0.1, -0.05) is 0 Å². The molecule has 4 rings (SSSR count). The SMILES string of the molecule is Cc1c(C(=O)N(C)C)sc2ncn3nc(Cn4cc([N+](=O)[O-])cn4)nc3c12. The van der Waals surface area contributed by atoms with Crippen LogP contribution in [0, 0.1) is 17.0 Å². The Morgan fingerprint density at radius 3 is 2.85 bits per heavy atom. The second-order valence-corrected chi connectivity index (χ2v) is 7.13. The zero-order valence-corrected chi connectivity index (χ0v) is 15.5. The van der Waals surface area contributed by atoms with Crippen LogP contribution in [0.5, 0.6) is 0 Å². The van der Waals surface area contributed by atoms with E-state index in [1.807, 2.05) is 6.92 Å². The Kier molecular flexibility index (Phi) is 3.84. The van der Waals surface area contributed by atoms with Crippen molar-refractivity contribution in [3.05, 3.63) is 45.1 Å². The number of aromatic nitrogens is 6. The van der Waals surface area contributed by atoms with Crippen LogP contribution in [0.2, 0.25) is 0 Å². The molecule has 0 atom stereocenters. The molecule has 0 saturated carbocycles. The highest BCUT2D eigenvalue weighted by Crippen LogP contribution is 2.32. The molecule has 12 heteroatoms. The van der Waals surface area contributed by atoms with Crippen molar-refractivity contribution in [3.8, 4) is 0 Å². The maximum Gasteiger partial charge on any atom is 0.307 e. The average Bonchev–Trinajstić information content (AvgIpc) is 3.31. The molecule has 0 unspecified atom stereocenters. The molecule has 0 radical (unpaired) electrons. The fraction of sp³-hybridized carbons (Fsp3) is 0.267. The van der Waals surface area contributed by atoms with E-state index in [2.05, 4.69) is 20.2 Å². The van der Waals surface area contributed by atoms with Crippen LogP contribution < -0.4 is 0 Å². The van der Waals surface area contributed by atoms with E-state index in [4.69, 9.17) is 0 Å². The molecule has 4 aromatic heterocycles. The third-order valence-corrected chi connectivity index (χ3v) is 5.23. The zero-order valence-electron chi connectivity index (χ0n) is 14.6. The van der Waals surface area contributed by atoms with Crippen molar-refractivity contribution in [2.24, 2.45) is 0 Å². The molecule has 138 valence electrons. The Morgan fingerprint density at radius 1 is 1.41 bits per heavy atom. The molecule has 1 amide bonds. The van der Waals surface area contributed by atoms with Gasteiger partial charge in [-0.05, 0) is 12.5 Å². The predicted molar refractivity (Wildman–Crippen MR) is 96.9 cm³/mol. The van der Waals surface area contributed by atoms with Crippen molar-refractivity contribution in [2.75, 3.05) is 14.1 Å². The van der Waals surface area contributed by atoms with E-state index in [0.29, 0.717) is 21.2 Å². The quantitative estimate of drug-likeness (QED) is 0.384. The molecule has 0 aliphatic carbocycles. The smallest absolute Gasteiger partial charge is 0.307 e. The highest BCUT2D eigenvalue weighted by molar-refractivity contribution is 7.20. The highest BCUT2D eigenvalue weighted by atomic mass is 32.1. The standard InChI is InChI=1S/C15H14N8O3S/c1-8-11-13-18-10(6-21-5-9(4-17-21)23(25)26)19-22(13)7-16-14(11)27-12(8)15(24)20(2)3/h4-5,7H,6H2,1-3H3. The molecular weight excluding hydrogens is 372 g/mol. The molecule has 0 aromatic carbocycles. The Bertz CT molecular complexity index is 1200. The van der Waals surface area contributed by atoms with E-state index < -0.39 is 4.92 Å². The molecular formula is C15H14N8O3S. The molecule has 4 aromatic rings. The molecule has 0 aliphatic heterocycles. The Hall–Kier alpha value is -3.41. The normalized spacial score (nSPS) is 11.4. The molecule has 4 heterocycles. The number of amides is 1. The van der Waals surface area contributed by atoms with Crippen LogP contribution in [-0.2, 0) is 6.54 Å². The summed E-state index contributed by atoms with van der Waals surface area (Å²) in [4.78, 5) is 34.4. The Labute approximate surface area is 156 Å². The summed E-state index contributed by atoms with van der Waals surface area (Å²) < 4.78 is 2.94. The number of aryl methyl sites for hydroxylation is 1. The number of rotatable bonds is 4. The second kappa shape index (κ2) is 6.09. The van der Waals surface area contributed by atoms with Gasteiger partial charge in [0.05, 0.1) is 15.2 Å². The minimum Gasteiger partial charge on any atom is -0.344 e. The predicted octanol–water partition coefficient (Wildman–Crippen LogP) is 1.50. The Balaban J connectivity index is 1.78. The number of nitrogens with zero attached hydrogens (tertiary/aromatic N) is 8. The van der Waals surface area contributed by atoms with Crippen LogP contribution in [0.1, 0.15) is 21.1 Å². The average molecular weight is 386 g/mol. The number of carbonyl (C=O) groups excluding carboxylic acids is 1. The van der Waals surface area contributed by atoms with Gasteiger partial charge < -0.3 is 4.90 Å².